The standard InChI is InChI=1S/C11H17N3O2/c1-3-4-5-8(2)14-10-9(11(15)16)12-6-7-13-10/h6-8H,3-5H2,1-2H3,(H,13,14)(H,15,16). The number of hydrogen-bond acceptors (Lipinski definition) is 4. The van der Waals surface area contributed by atoms with Gasteiger partial charge >= 0.3 is 5.97 Å². The number of aromatic nitrogens is 2. The summed E-state index contributed by atoms with van der Waals surface area (Å²) in [5.74, 6) is -0.711. The van der Waals surface area contributed by atoms with Crippen LogP contribution in [0.1, 0.15) is 43.6 Å². The van der Waals surface area contributed by atoms with Gasteiger partial charge in [0.15, 0.2) is 11.5 Å². The Morgan fingerprint density at radius 2 is 2.19 bits per heavy atom. The van der Waals surface area contributed by atoms with E-state index in [0.29, 0.717) is 5.82 Å². The molecular weight excluding hydrogens is 206 g/mol. The fourth-order valence-corrected chi connectivity index (χ4v) is 1.42. The molecular formula is C11H17N3O2. The van der Waals surface area contributed by atoms with Gasteiger partial charge in [-0.1, -0.05) is 19.8 Å². The summed E-state index contributed by atoms with van der Waals surface area (Å²) in [5.41, 5.74) is -0.0224. The summed E-state index contributed by atoms with van der Waals surface area (Å²) in [5, 5.41) is 12.0. The second-order valence-electron chi connectivity index (χ2n) is 3.75. The first-order valence-corrected chi connectivity index (χ1v) is 5.46. The van der Waals surface area contributed by atoms with Gasteiger partial charge in [0, 0.05) is 18.4 Å². The van der Waals surface area contributed by atoms with Crippen LogP contribution in [0.15, 0.2) is 12.4 Å². The van der Waals surface area contributed by atoms with Crippen molar-refractivity contribution in [1.82, 2.24) is 9.97 Å². The Hall–Kier alpha value is -1.65. The number of nitrogens with one attached hydrogen (secondary N) is 1. The Balaban J connectivity index is 2.69. The zero-order chi connectivity index (χ0) is 12.0. The minimum absolute atomic E-state index is 0.0224. The van der Waals surface area contributed by atoms with E-state index in [9.17, 15) is 4.79 Å². The van der Waals surface area contributed by atoms with Crippen LogP contribution in [0.3, 0.4) is 0 Å². The first kappa shape index (κ1) is 12.4. The van der Waals surface area contributed by atoms with E-state index in [1.165, 1.54) is 12.4 Å². The molecule has 1 heterocycles. The summed E-state index contributed by atoms with van der Waals surface area (Å²) in [4.78, 5) is 18.7. The lowest BCUT2D eigenvalue weighted by atomic mass is 10.1. The van der Waals surface area contributed by atoms with Crippen LogP contribution in [-0.4, -0.2) is 27.1 Å². The Kier molecular flexibility index (Phi) is 4.69. The third-order valence-corrected chi connectivity index (χ3v) is 2.27. The van der Waals surface area contributed by atoms with Crippen LogP contribution in [-0.2, 0) is 0 Å². The molecule has 0 amide bonds. The van der Waals surface area contributed by atoms with E-state index in [4.69, 9.17) is 5.11 Å². The first-order valence-electron chi connectivity index (χ1n) is 5.46. The van der Waals surface area contributed by atoms with Crippen molar-refractivity contribution in [2.24, 2.45) is 0 Å². The second kappa shape index (κ2) is 6.05. The SMILES string of the molecule is CCCCC(C)Nc1nccnc1C(=O)O. The number of rotatable bonds is 6. The zero-order valence-corrected chi connectivity index (χ0v) is 9.60. The molecule has 88 valence electrons. The summed E-state index contributed by atoms with van der Waals surface area (Å²) >= 11 is 0. The molecule has 16 heavy (non-hydrogen) atoms. The predicted octanol–water partition coefficient (Wildman–Crippen LogP) is 2.17. The molecule has 1 aromatic rings. The summed E-state index contributed by atoms with van der Waals surface area (Å²) in [6.45, 7) is 4.13. The molecule has 0 fully saturated rings. The normalized spacial score (nSPS) is 12.1. The van der Waals surface area contributed by atoms with Gasteiger partial charge in [-0.25, -0.2) is 14.8 Å². The third kappa shape index (κ3) is 3.49. The Morgan fingerprint density at radius 3 is 2.81 bits per heavy atom. The summed E-state index contributed by atoms with van der Waals surface area (Å²) in [6.07, 6.45) is 6.09. The van der Waals surface area contributed by atoms with Crippen LogP contribution in [0.4, 0.5) is 5.82 Å². The molecule has 0 saturated carbocycles. The number of anilines is 1. The molecule has 2 N–H and O–H groups in total. The van der Waals surface area contributed by atoms with Gasteiger partial charge in [0.25, 0.3) is 0 Å². The summed E-state index contributed by atoms with van der Waals surface area (Å²) in [7, 11) is 0. The highest BCUT2D eigenvalue weighted by Gasteiger charge is 2.13. The molecule has 5 heteroatoms. The molecule has 0 aliphatic rings. The van der Waals surface area contributed by atoms with Crippen LogP contribution in [0.2, 0.25) is 0 Å². The maximum absolute atomic E-state index is 10.9. The quantitative estimate of drug-likeness (QED) is 0.773. The Labute approximate surface area is 94.9 Å². The van der Waals surface area contributed by atoms with Crippen molar-refractivity contribution in [3.05, 3.63) is 18.1 Å². The lowest BCUT2D eigenvalue weighted by molar-refractivity contribution is 0.0691. The third-order valence-electron chi connectivity index (χ3n) is 2.27. The lowest BCUT2D eigenvalue weighted by Gasteiger charge is -2.14. The van der Waals surface area contributed by atoms with Crippen molar-refractivity contribution in [3.8, 4) is 0 Å². The number of carbonyl (C=O) groups is 1. The fraction of sp³-hybridized carbons (Fsp3) is 0.545. The van der Waals surface area contributed by atoms with Gasteiger partial charge in [0.2, 0.25) is 0 Å². The highest BCUT2D eigenvalue weighted by atomic mass is 16.4. The second-order valence-corrected chi connectivity index (χ2v) is 3.75. The van der Waals surface area contributed by atoms with Gasteiger partial charge in [0.1, 0.15) is 0 Å². The topological polar surface area (TPSA) is 75.1 Å². The highest BCUT2D eigenvalue weighted by molar-refractivity contribution is 5.90. The van der Waals surface area contributed by atoms with E-state index in [1.807, 2.05) is 6.92 Å². The van der Waals surface area contributed by atoms with Crippen LogP contribution in [0, 0.1) is 0 Å². The number of hydrogen-bond donors (Lipinski definition) is 2. The number of nitrogens with zero attached hydrogens (tertiary/aromatic N) is 2. The Bertz CT molecular complexity index is 355. The highest BCUT2D eigenvalue weighted by Crippen LogP contribution is 2.12. The maximum Gasteiger partial charge on any atom is 0.358 e. The van der Waals surface area contributed by atoms with E-state index in [2.05, 4.69) is 22.2 Å². The van der Waals surface area contributed by atoms with Gasteiger partial charge in [-0.3, -0.25) is 0 Å². The maximum atomic E-state index is 10.9. The largest absolute Gasteiger partial charge is 0.476 e. The van der Waals surface area contributed by atoms with Gasteiger partial charge in [-0.15, -0.1) is 0 Å². The van der Waals surface area contributed by atoms with Gasteiger partial charge < -0.3 is 10.4 Å². The Morgan fingerprint density at radius 1 is 1.50 bits per heavy atom. The molecule has 1 aromatic heterocycles. The van der Waals surface area contributed by atoms with E-state index in [-0.39, 0.29) is 11.7 Å². The zero-order valence-electron chi connectivity index (χ0n) is 9.60. The molecule has 0 radical (unpaired) electrons. The molecule has 0 saturated heterocycles. The monoisotopic (exact) mass is 223 g/mol. The predicted molar refractivity (Wildman–Crippen MR) is 61.6 cm³/mol. The lowest BCUT2D eigenvalue weighted by Crippen LogP contribution is -2.19. The number of carboxylic acids is 1. The van der Waals surface area contributed by atoms with Crippen molar-refractivity contribution in [1.29, 1.82) is 0 Å². The van der Waals surface area contributed by atoms with E-state index in [0.717, 1.165) is 19.3 Å². The van der Waals surface area contributed by atoms with Crippen molar-refractivity contribution < 1.29 is 9.90 Å². The molecule has 0 aliphatic heterocycles. The molecule has 1 unspecified atom stereocenters. The average molecular weight is 223 g/mol. The van der Waals surface area contributed by atoms with E-state index < -0.39 is 5.97 Å². The van der Waals surface area contributed by atoms with Gasteiger partial charge in [0.05, 0.1) is 0 Å². The first-order chi connectivity index (χ1) is 7.65. The van der Waals surface area contributed by atoms with Crippen LogP contribution < -0.4 is 5.32 Å². The van der Waals surface area contributed by atoms with Crippen molar-refractivity contribution >= 4 is 11.8 Å². The van der Waals surface area contributed by atoms with Crippen molar-refractivity contribution in [2.75, 3.05) is 5.32 Å². The molecule has 0 bridgehead atoms. The molecule has 1 atom stereocenters. The summed E-state index contributed by atoms with van der Waals surface area (Å²) < 4.78 is 0. The minimum Gasteiger partial charge on any atom is -0.476 e. The van der Waals surface area contributed by atoms with Crippen molar-refractivity contribution in [2.45, 2.75) is 39.2 Å². The number of unbranched alkanes of at least 4 members (excludes halogenated alkanes) is 1. The van der Waals surface area contributed by atoms with Crippen LogP contribution in [0.5, 0.6) is 0 Å². The van der Waals surface area contributed by atoms with E-state index >= 15 is 0 Å². The minimum atomic E-state index is -1.06. The van der Waals surface area contributed by atoms with E-state index in [1.54, 1.807) is 0 Å². The smallest absolute Gasteiger partial charge is 0.358 e. The van der Waals surface area contributed by atoms with Crippen LogP contribution in [0.25, 0.3) is 0 Å². The molecule has 0 spiro atoms. The number of aromatic carboxylic acids is 1. The average Bonchev–Trinajstić information content (AvgIpc) is 2.27. The molecule has 5 nitrogen and oxygen atoms in total. The van der Waals surface area contributed by atoms with Crippen molar-refractivity contribution in [3.63, 3.8) is 0 Å². The summed E-state index contributed by atoms with van der Waals surface area (Å²) in [6, 6.07) is 0.203. The van der Waals surface area contributed by atoms with Gasteiger partial charge in [-0.05, 0) is 13.3 Å². The van der Waals surface area contributed by atoms with Crippen LogP contribution >= 0.6 is 0 Å². The number of carboxylic acid groups (broad SMARTS) is 1. The molecule has 0 aliphatic carbocycles. The molecule has 0 aromatic carbocycles. The fourth-order valence-electron chi connectivity index (χ4n) is 1.42. The van der Waals surface area contributed by atoms with Gasteiger partial charge in [-0.2, -0.15) is 0 Å². The molecule has 1 rings (SSSR count).